The number of hydrogen-bond acceptors (Lipinski definition) is 5. The molecule has 0 bridgehead atoms. The van der Waals surface area contributed by atoms with E-state index in [1.54, 1.807) is 0 Å². The van der Waals surface area contributed by atoms with E-state index in [2.05, 4.69) is 45.4 Å². The Morgan fingerprint density at radius 2 is 2.15 bits per heavy atom. The van der Waals surface area contributed by atoms with Crippen LogP contribution >= 0.6 is 0 Å². The van der Waals surface area contributed by atoms with Crippen LogP contribution in [0.3, 0.4) is 0 Å². The van der Waals surface area contributed by atoms with Crippen molar-refractivity contribution in [2.24, 2.45) is 0 Å². The van der Waals surface area contributed by atoms with Crippen LogP contribution in [0.5, 0.6) is 0 Å². The maximum atomic E-state index is 5.21. The molecule has 1 aromatic carbocycles. The zero-order chi connectivity index (χ0) is 14.1. The van der Waals surface area contributed by atoms with E-state index in [0.717, 1.165) is 35.1 Å². The van der Waals surface area contributed by atoms with Gasteiger partial charge >= 0.3 is 0 Å². The van der Waals surface area contributed by atoms with Crippen LogP contribution in [0, 0.1) is 6.92 Å². The third kappa shape index (κ3) is 2.42. The van der Waals surface area contributed by atoms with Gasteiger partial charge in [0.15, 0.2) is 5.82 Å². The van der Waals surface area contributed by atoms with Crippen molar-refractivity contribution in [2.75, 3.05) is 20.6 Å². The standard InChI is InChI=1S/C14H17N5O/c1-9-15-14(20-18-9)10-4-5-12-11(8-10)13(17-16-12)6-7-19(2)3/h4-5,8H,6-7H2,1-3H3,(H,16,17). The van der Waals surface area contributed by atoms with Gasteiger partial charge in [-0.05, 0) is 39.2 Å². The Hall–Kier alpha value is -2.21. The smallest absolute Gasteiger partial charge is 0.257 e. The van der Waals surface area contributed by atoms with Gasteiger partial charge in [-0.25, -0.2) is 0 Å². The molecule has 2 heterocycles. The number of aromatic amines is 1. The first-order chi connectivity index (χ1) is 9.63. The zero-order valence-corrected chi connectivity index (χ0v) is 11.8. The predicted molar refractivity (Wildman–Crippen MR) is 76.4 cm³/mol. The maximum absolute atomic E-state index is 5.21. The lowest BCUT2D eigenvalue weighted by molar-refractivity contribution is 0.412. The molecule has 1 N–H and O–H groups in total. The molecule has 2 aromatic heterocycles. The van der Waals surface area contributed by atoms with Gasteiger partial charge in [0.2, 0.25) is 0 Å². The Morgan fingerprint density at radius 3 is 2.85 bits per heavy atom. The lowest BCUT2D eigenvalue weighted by Crippen LogP contribution is -2.15. The summed E-state index contributed by atoms with van der Waals surface area (Å²) in [6, 6.07) is 5.97. The molecule has 0 radical (unpaired) electrons. The topological polar surface area (TPSA) is 70.8 Å². The Bertz CT molecular complexity index is 728. The van der Waals surface area contributed by atoms with Gasteiger partial charge in [-0.1, -0.05) is 5.16 Å². The molecule has 0 aliphatic carbocycles. The minimum Gasteiger partial charge on any atom is -0.334 e. The fourth-order valence-electron chi connectivity index (χ4n) is 2.14. The highest BCUT2D eigenvalue weighted by Crippen LogP contribution is 2.24. The van der Waals surface area contributed by atoms with Crippen molar-refractivity contribution in [3.63, 3.8) is 0 Å². The molecule has 0 unspecified atom stereocenters. The van der Waals surface area contributed by atoms with Gasteiger partial charge in [0.1, 0.15) is 0 Å². The van der Waals surface area contributed by atoms with Crippen LogP contribution in [0.2, 0.25) is 0 Å². The second-order valence-corrected chi connectivity index (χ2v) is 5.13. The summed E-state index contributed by atoms with van der Waals surface area (Å²) < 4.78 is 5.21. The van der Waals surface area contributed by atoms with Crippen LogP contribution < -0.4 is 0 Å². The van der Waals surface area contributed by atoms with E-state index < -0.39 is 0 Å². The molecule has 3 rings (SSSR count). The van der Waals surface area contributed by atoms with E-state index >= 15 is 0 Å². The number of aryl methyl sites for hydroxylation is 1. The highest BCUT2D eigenvalue weighted by molar-refractivity contribution is 5.85. The molecule has 0 saturated heterocycles. The average Bonchev–Trinajstić information content (AvgIpc) is 3.02. The second kappa shape index (κ2) is 5.05. The molecule has 0 aliphatic rings. The summed E-state index contributed by atoms with van der Waals surface area (Å²) >= 11 is 0. The van der Waals surface area contributed by atoms with Gasteiger partial charge in [0, 0.05) is 29.6 Å². The Kier molecular flexibility index (Phi) is 3.23. The minimum atomic E-state index is 0.546. The van der Waals surface area contributed by atoms with Crippen LogP contribution in [0.1, 0.15) is 11.5 Å². The summed E-state index contributed by atoms with van der Waals surface area (Å²) in [5.74, 6) is 1.18. The van der Waals surface area contributed by atoms with E-state index in [-0.39, 0.29) is 0 Å². The number of nitrogens with one attached hydrogen (secondary N) is 1. The average molecular weight is 271 g/mol. The van der Waals surface area contributed by atoms with Crippen LogP contribution in [-0.4, -0.2) is 45.9 Å². The maximum Gasteiger partial charge on any atom is 0.257 e. The molecule has 20 heavy (non-hydrogen) atoms. The number of likely N-dealkylation sites (N-methyl/N-ethyl adjacent to an activating group) is 1. The molecule has 6 heteroatoms. The molecule has 3 aromatic rings. The van der Waals surface area contributed by atoms with Crippen molar-refractivity contribution in [1.82, 2.24) is 25.2 Å². The van der Waals surface area contributed by atoms with Gasteiger partial charge in [0.25, 0.3) is 5.89 Å². The minimum absolute atomic E-state index is 0.546. The molecule has 0 spiro atoms. The van der Waals surface area contributed by atoms with Crippen molar-refractivity contribution in [3.05, 3.63) is 29.7 Å². The lowest BCUT2D eigenvalue weighted by atomic mass is 10.1. The van der Waals surface area contributed by atoms with Gasteiger partial charge in [-0.3, -0.25) is 5.10 Å². The zero-order valence-electron chi connectivity index (χ0n) is 11.8. The molecule has 0 aliphatic heterocycles. The van der Waals surface area contributed by atoms with Gasteiger partial charge in [-0.15, -0.1) is 0 Å². The molecular formula is C14H17N5O. The summed E-state index contributed by atoms with van der Waals surface area (Å²) in [7, 11) is 4.12. The fourth-order valence-corrected chi connectivity index (χ4v) is 2.14. The number of rotatable bonds is 4. The van der Waals surface area contributed by atoms with Crippen LogP contribution in [0.15, 0.2) is 22.7 Å². The monoisotopic (exact) mass is 271 g/mol. The highest BCUT2D eigenvalue weighted by Gasteiger charge is 2.11. The summed E-state index contributed by atoms with van der Waals surface area (Å²) in [5.41, 5.74) is 3.01. The van der Waals surface area contributed by atoms with E-state index in [4.69, 9.17) is 4.52 Å². The Labute approximate surface area is 116 Å². The summed E-state index contributed by atoms with van der Waals surface area (Å²) in [5, 5.41) is 12.4. The number of hydrogen-bond donors (Lipinski definition) is 1. The number of nitrogens with zero attached hydrogens (tertiary/aromatic N) is 4. The predicted octanol–water partition coefficient (Wildman–Crippen LogP) is 2.03. The van der Waals surface area contributed by atoms with E-state index in [1.165, 1.54) is 0 Å². The van der Waals surface area contributed by atoms with Gasteiger partial charge < -0.3 is 9.42 Å². The first-order valence-corrected chi connectivity index (χ1v) is 6.56. The number of aromatic nitrogens is 4. The molecule has 0 amide bonds. The lowest BCUT2D eigenvalue weighted by Gasteiger charge is -2.07. The SMILES string of the molecule is Cc1noc(-c2ccc3n[nH]c(CCN(C)C)c3c2)n1. The third-order valence-corrected chi connectivity index (χ3v) is 3.22. The van der Waals surface area contributed by atoms with Gasteiger partial charge in [-0.2, -0.15) is 10.1 Å². The molecular weight excluding hydrogens is 254 g/mol. The Morgan fingerprint density at radius 1 is 1.30 bits per heavy atom. The first-order valence-electron chi connectivity index (χ1n) is 6.56. The van der Waals surface area contributed by atoms with Gasteiger partial charge in [0.05, 0.1) is 5.52 Å². The highest BCUT2D eigenvalue weighted by atomic mass is 16.5. The van der Waals surface area contributed by atoms with Crippen molar-refractivity contribution in [1.29, 1.82) is 0 Å². The summed E-state index contributed by atoms with van der Waals surface area (Å²) in [6.45, 7) is 2.78. The van der Waals surface area contributed by atoms with E-state index in [1.807, 2.05) is 19.1 Å². The van der Waals surface area contributed by atoms with Crippen molar-refractivity contribution in [3.8, 4) is 11.5 Å². The third-order valence-electron chi connectivity index (χ3n) is 3.22. The molecule has 0 fully saturated rings. The first kappa shape index (κ1) is 12.8. The number of fused-ring (bicyclic) bond motifs is 1. The molecule has 0 atom stereocenters. The van der Waals surface area contributed by atoms with Crippen molar-refractivity contribution in [2.45, 2.75) is 13.3 Å². The molecule has 6 nitrogen and oxygen atoms in total. The number of benzene rings is 1. The van der Waals surface area contributed by atoms with Crippen molar-refractivity contribution >= 4 is 10.9 Å². The van der Waals surface area contributed by atoms with Crippen LogP contribution in [0.4, 0.5) is 0 Å². The second-order valence-electron chi connectivity index (χ2n) is 5.13. The quantitative estimate of drug-likeness (QED) is 0.786. The van der Waals surface area contributed by atoms with Crippen LogP contribution in [-0.2, 0) is 6.42 Å². The van der Waals surface area contributed by atoms with Crippen molar-refractivity contribution < 1.29 is 4.52 Å². The summed E-state index contributed by atoms with van der Waals surface area (Å²) in [6.07, 6.45) is 0.926. The molecule has 104 valence electrons. The molecule has 0 saturated carbocycles. The van der Waals surface area contributed by atoms with E-state index in [0.29, 0.717) is 11.7 Å². The normalized spacial score (nSPS) is 11.6. The van der Waals surface area contributed by atoms with E-state index in [9.17, 15) is 0 Å². The fraction of sp³-hybridized carbons (Fsp3) is 0.357. The number of H-pyrrole nitrogens is 1. The Balaban J connectivity index is 1.98. The van der Waals surface area contributed by atoms with Crippen LogP contribution in [0.25, 0.3) is 22.4 Å². The largest absolute Gasteiger partial charge is 0.334 e. The summed E-state index contributed by atoms with van der Waals surface area (Å²) in [4.78, 5) is 6.41.